The number of piperazine rings is 1. The second-order valence-electron chi connectivity index (χ2n) is 7.48. The Morgan fingerprint density at radius 3 is 2.48 bits per heavy atom. The molecule has 2 aliphatic heterocycles. The van der Waals surface area contributed by atoms with Gasteiger partial charge in [-0.3, -0.25) is 9.79 Å². The van der Waals surface area contributed by atoms with E-state index < -0.39 is 0 Å². The van der Waals surface area contributed by atoms with Gasteiger partial charge in [0.15, 0.2) is 5.96 Å². The van der Waals surface area contributed by atoms with Crippen LogP contribution in [0.4, 0.5) is 0 Å². The van der Waals surface area contributed by atoms with Crippen LogP contribution in [0, 0.1) is 5.92 Å². The number of hydrogen-bond donors (Lipinski definition) is 1. The first-order valence-electron chi connectivity index (χ1n) is 10.1. The summed E-state index contributed by atoms with van der Waals surface area (Å²) in [5.74, 6) is 2.05. The van der Waals surface area contributed by atoms with Gasteiger partial charge in [-0.2, -0.15) is 0 Å². The van der Waals surface area contributed by atoms with E-state index in [-0.39, 0.29) is 5.91 Å². The van der Waals surface area contributed by atoms with Crippen molar-refractivity contribution in [2.45, 2.75) is 46.5 Å². The molecule has 1 N–H and O–H groups in total. The standard InChI is InChI=1S/C19H37N5O/c1-4-20-19(24-14-12-23(13-15-24)18(3)25)21-9-5-6-10-22-11-7-8-17(2)16-22/h17H,4-16H2,1-3H3,(H,20,21). The summed E-state index contributed by atoms with van der Waals surface area (Å²) in [4.78, 5) is 23.1. The number of nitrogens with zero attached hydrogens (tertiary/aromatic N) is 4. The number of piperidine rings is 1. The molecular weight excluding hydrogens is 314 g/mol. The lowest BCUT2D eigenvalue weighted by atomic mass is 10.0. The Balaban J connectivity index is 1.69. The molecule has 2 fully saturated rings. The van der Waals surface area contributed by atoms with E-state index in [0.717, 1.165) is 57.6 Å². The Morgan fingerprint density at radius 2 is 1.84 bits per heavy atom. The number of guanidine groups is 1. The van der Waals surface area contributed by atoms with Crippen LogP contribution in [-0.2, 0) is 4.79 Å². The van der Waals surface area contributed by atoms with Crippen molar-refractivity contribution in [3.63, 3.8) is 0 Å². The first-order chi connectivity index (χ1) is 12.1. The van der Waals surface area contributed by atoms with Crippen molar-refractivity contribution in [1.82, 2.24) is 20.0 Å². The molecule has 6 nitrogen and oxygen atoms in total. The number of rotatable bonds is 6. The minimum absolute atomic E-state index is 0.175. The Kier molecular flexibility index (Phi) is 8.52. The van der Waals surface area contributed by atoms with E-state index in [4.69, 9.17) is 4.99 Å². The van der Waals surface area contributed by atoms with Gasteiger partial charge in [-0.05, 0) is 51.6 Å². The second-order valence-corrected chi connectivity index (χ2v) is 7.48. The van der Waals surface area contributed by atoms with Crippen molar-refractivity contribution in [3.05, 3.63) is 0 Å². The number of amides is 1. The predicted octanol–water partition coefficient (Wildman–Crippen LogP) is 1.63. The van der Waals surface area contributed by atoms with Gasteiger partial charge in [0.05, 0.1) is 0 Å². The molecule has 0 aromatic carbocycles. The number of aliphatic imine (C=N–C) groups is 1. The summed E-state index contributed by atoms with van der Waals surface area (Å²) in [6.45, 7) is 15.0. The molecule has 0 saturated carbocycles. The van der Waals surface area contributed by atoms with Gasteiger partial charge >= 0.3 is 0 Å². The largest absolute Gasteiger partial charge is 0.357 e. The second kappa shape index (κ2) is 10.6. The van der Waals surface area contributed by atoms with E-state index in [1.807, 2.05) is 4.90 Å². The zero-order valence-electron chi connectivity index (χ0n) is 16.5. The summed E-state index contributed by atoms with van der Waals surface area (Å²) in [7, 11) is 0. The lowest BCUT2D eigenvalue weighted by Crippen LogP contribution is -2.53. The summed E-state index contributed by atoms with van der Waals surface area (Å²) in [5, 5.41) is 3.40. The van der Waals surface area contributed by atoms with E-state index in [1.54, 1.807) is 6.92 Å². The van der Waals surface area contributed by atoms with Crippen LogP contribution >= 0.6 is 0 Å². The SMILES string of the molecule is CCNC(=NCCCCN1CCCC(C)C1)N1CCN(C(C)=O)CC1. The molecule has 0 aromatic rings. The topological polar surface area (TPSA) is 51.2 Å². The number of likely N-dealkylation sites (tertiary alicyclic amines) is 1. The minimum atomic E-state index is 0.175. The Bertz CT molecular complexity index is 432. The highest BCUT2D eigenvalue weighted by Gasteiger charge is 2.20. The van der Waals surface area contributed by atoms with E-state index in [9.17, 15) is 4.79 Å². The van der Waals surface area contributed by atoms with Gasteiger partial charge in [0, 0.05) is 52.7 Å². The molecular formula is C19H37N5O. The maximum Gasteiger partial charge on any atom is 0.219 e. The first kappa shape index (κ1) is 20.0. The van der Waals surface area contributed by atoms with Gasteiger partial charge < -0.3 is 20.0 Å². The summed E-state index contributed by atoms with van der Waals surface area (Å²) in [6, 6.07) is 0. The van der Waals surface area contributed by atoms with Crippen LogP contribution in [0.15, 0.2) is 4.99 Å². The van der Waals surface area contributed by atoms with E-state index in [1.165, 1.54) is 38.9 Å². The summed E-state index contributed by atoms with van der Waals surface area (Å²) in [6.07, 6.45) is 5.13. The number of unbranched alkanes of at least 4 members (excludes halogenated alkanes) is 1. The van der Waals surface area contributed by atoms with Gasteiger partial charge in [0.25, 0.3) is 0 Å². The van der Waals surface area contributed by atoms with Crippen LogP contribution < -0.4 is 5.32 Å². The molecule has 1 unspecified atom stereocenters. The number of nitrogens with one attached hydrogen (secondary N) is 1. The van der Waals surface area contributed by atoms with Crippen LogP contribution in [-0.4, -0.2) is 85.5 Å². The van der Waals surface area contributed by atoms with Crippen molar-refractivity contribution in [2.75, 3.05) is 58.9 Å². The average molecular weight is 352 g/mol. The molecule has 2 heterocycles. The third kappa shape index (κ3) is 6.84. The van der Waals surface area contributed by atoms with Crippen molar-refractivity contribution < 1.29 is 4.79 Å². The summed E-state index contributed by atoms with van der Waals surface area (Å²) >= 11 is 0. The lowest BCUT2D eigenvalue weighted by Gasteiger charge is -2.36. The molecule has 25 heavy (non-hydrogen) atoms. The van der Waals surface area contributed by atoms with Crippen molar-refractivity contribution >= 4 is 11.9 Å². The van der Waals surface area contributed by atoms with E-state index in [0.29, 0.717) is 0 Å². The molecule has 0 aromatic heterocycles. The molecule has 2 saturated heterocycles. The van der Waals surface area contributed by atoms with Crippen LogP contribution in [0.3, 0.4) is 0 Å². The molecule has 0 spiro atoms. The van der Waals surface area contributed by atoms with E-state index in [2.05, 4.69) is 29.0 Å². The van der Waals surface area contributed by atoms with Crippen molar-refractivity contribution in [3.8, 4) is 0 Å². The highest BCUT2D eigenvalue weighted by Crippen LogP contribution is 2.15. The average Bonchev–Trinajstić information content (AvgIpc) is 2.61. The van der Waals surface area contributed by atoms with Crippen LogP contribution in [0.25, 0.3) is 0 Å². The van der Waals surface area contributed by atoms with Gasteiger partial charge in [0.1, 0.15) is 0 Å². The van der Waals surface area contributed by atoms with Gasteiger partial charge in [0.2, 0.25) is 5.91 Å². The third-order valence-corrected chi connectivity index (χ3v) is 5.24. The van der Waals surface area contributed by atoms with Gasteiger partial charge in [-0.25, -0.2) is 0 Å². The molecule has 0 radical (unpaired) electrons. The van der Waals surface area contributed by atoms with Crippen LogP contribution in [0.5, 0.6) is 0 Å². The molecule has 2 aliphatic rings. The molecule has 0 bridgehead atoms. The highest BCUT2D eigenvalue weighted by molar-refractivity contribution is 5.80. The maximum absolute atomic E-state index is 11.5. The zero-order valence-corrected chi connectivity index (χ0v) is 16.5. The highest BCUT2D eigenvalue weighted by atomic mass is 16.2. The zero-order chi connectivity index (χ0) is 18.1. The van der Waals surface area contributed by atoms with Gasteiger partial charge in [-0.1, -0.05) is 6.92 Å². The Labute approximate surface area is 153 Å². The quantitative estimate of drug-likeness (QED) is 0.449. The molecule has 0 aliphatic carbocycles. The monoisotopic (exact) mass is 351 g/mol. The number of hydrogen-bond acceptors (Lipinski definition) is 3. The smallest absolute Gasteiger partial charge is 0.219 e. The molecule has 2 rings (SSSR count). The van der Waals surface area contributed by atoms with Crippen molar-refractivity contribution in [1.29, 1.82) is 0 Å². The van der Waals surface area contributed by atoms with Crippen LogP contribution in [0.1, 0.15) is 46.5 Å². The lowest BCUT2D eigenvalue weighted by molar-refractivity contribution is -0.130. The fourth-order valence-corrected chi connectivity index (χ4v) is 3.78. The van der Waals surface area contributed by atoms with Crippen molar-refractivity contribution in [2.24, 2.45) is 10.9 Å². The maximum atomic E-state index is 11.5. The molecule has 1 atom stereocenters. The molecule has 144 valence electrons. The first-order valence-corrected chi connectivity index (χ1v) is 10.1. The normalized spacial score (nSPS) is 23.0. The van der Waals surface area contributed by atoms with Crippen LogP contribution in [0.2, 0.25) is 0 Å². The summed E-state index contributed by atoms with van der Waals surface area (Å²) < 4.78 is 0. The third-order valence-electron chi connectivity index (χ3n) is 5.24. The van der Waals surface area contributed by atoms with E-state index >= 15 is 0 Å². The fraction of sp³-hybridized carbons (Fsp3) is 0.895. The molecule has 6 heteroatoms. The summed E-state index contributed by atoms with van der Waals surface area (Å²) in [5.41, 5.74) is 0. The predicted molar refractivity (Wildman–Crippen MR) is 104 cm³/mol. The number of carbonyl (C=O) groups is 1. The minimum Gasteiger partial charge on any atom is -0.357 e. The number of carbonyl (C=O) groups excluding carboxylic acids is 1. The van der Waals surface area contributed by atoms with Gasteiger partial charge in [-0.15, -0.1) is 0 Å². The fourth-order valence-electron chi connectivity index (χ4n) is 3.78. The Morgan fingerprint density at radius 1 is 1.12 bits per heavy atom. The molecule has 1 amide bonds. The Hall–Kier alpha value is -1.30.